The number of furan rings is 1. The first kappa shape index (κ1) is 102. The minimum absolute atomic E-state index is 0.00221. The van der Waals surface area contributed by atoms with Gasteiger partial charge in [0.25, 0.3) is 59.1 Å². The van der Waals surface area contributed by atoms with Crippen molar-refractivity contribution in [2.75, 3.05) is 33.0 Å². The molecule has 10 bridgehead atoms. The van der Waals surface area contributed by atoms with Crippen LogP contribution in [0.25, 0.3) is 10.2 Å². The number of amides is 10. The van der Waals surface area contributed by atoms with E-state index < -0.39 is 23.3 Å². The lowest BCUT2D eigenvalue weighted by atomic mass is 9.44. The Morgan fingerprint density at radius 3 is 1.16 bits per heavy atom. The highest BCUT2D eigenvalue weighted by Crippen LogP contribution is 2.64. The van der Waals surface area contributed by atoms with Gasteiger partial charge in [0.05, 0.1) is 36.1 Å². The Balaban J connectivity index is 0.000000112. The first-order valence-corrected chi connectivity index (χ1v) is 51.8. The Labute approximate surface area is 876 Å². The molecule has 32 nitrogen and oxygen atoms in total. The largest absolute Gasteiger partial charge is 0.484 e. The van der Waals surface area contributed by atoms with Gasteiger partial charge in [-0.3, -0.25) is 52.6 Å². The number of hydrogen-bond donors (Lipinski definition) is 11. The molecule has 11 N–H and O–H groups in total. The number of nitrogens with one attached hydrogen (secondary N) is 11. The molecule has 778 valence electrons. The summed E-state index contributed by atoms with van der Waals surface area (Å²) in [5.74, 6) is 0.292. The van der Waals surface area contributed by atoms with Crippen LogP contribution in [0.4, 0.5) is 17.6 Å². The standard InChI is InChI=1S/C22H21ClFN3O3S.C22H22ClFN2O4.C22H24ClN3O4.C21H22ClFN4O3.C19H19ClFN3O3/c1-12-7-27(2)20-14(12)6-17(31-20)19(29)26-22-9-21(10-22,11-22)25-18(28)8-30-13-3-4-15(23)16(24)5-13;1-12-15(7-18(30-12)13-2-3-13)20(28)26-22-9-21(10-22,11-22)25-19(27)8-29-14-4-5-16(23)17(24)6-14;1-13-8-14(6-7-16(13)23)29-9-18(27)24-21-10-22(11-21,12-21)25-20(28)19-15-4-2-3-5-17(15)30-26-19;1-27-16-4-2-3-13(16)18(26-27)19(29)25-21-9-20(10-21,11-21)24-17(28)8-30-12-5-6-14(22)15(23)7-12;1-11-13(4-5-22-11)17(26)24-19-8-18(9-19,10-19)23-16(25)7-27-12-2-3-14(20)15(21)6-12/h3-7H,8-11H2,1-2H3,(H,25,28)(H,26,29);4-7,13H,2-3,8-11H2,1H3,(H,25,27)(H,26,28);6-8H,2-5,9-12H2,1H3,(H,24,27)(H,25,28);5-7H,2-4,8-11H2,1H3,(H,24,28)(H,25,29);2-6,22H,7-10H2,1H3,(H,23,25)(H,24,26). The van der Waals surface area contributed by atoms with Gasteiger partial charge >= 0.3 is 0 Å². The van der Waals surface area contributed by atoms with Gasteiger partial charge in [-0.05, 0) is 271 Å². The Morgan fingerprint density at radius 1 is 0.412 bits per heavy atom. The van der Waals surface area contributed by atoms with Gasteiger partial charge < -0.3 is 95.3 Å². The Morgan fingerprint density at radius 2 is 0.777 bits per heavy atom. The molecule has 0 saturated heterocycles. The highest BCUT2D eigenvalue weighted by atomic mass is 35.5. The number of halogens is 9. The summed E-state index contributed by atoms with van der Waals surface area (Å²) in [4.78, 5) is 129. The fourth-order valence-corrected chi connectivity index (χ4v) is 25.6. The van der Waals surface area contributed by atoms with Crippen LogP contribution in [0.2, 0.25) is 25.1 Å². The summed E-state index contributed by atoms with van der Waals surface area (Å²) in [6.45, 7) is 6.73. The summed E-state index contributed by atoms with van der Waals surface area (Å²) in [7, 11) is 3.86. The van der Waals surface area contributed by atoms with E-state index in [1.807, 2.05) is 69.2 Å². The lowest BCUT2D eigenvalue weighted by molar-refractivity contribution is -0.142. The molecule has 0 aliphatic heterocycles. The van der Waals surface area contributed by atoms with E-state index in [0.717, 1.165) is 157 Å². The molecule has 0 unspecified atom stereocenters. The molecule has 29 rings (SSSR count). The number of thiophene rings is 1. The van der Waals surface area contributed by atoms with Crippen molar-refractivity contribution in [3.63, 3.8) is 0 Å². The maximum Gasteiger partial charge on any atom is 0.274 e. The molecule has 18 aliphatic carbocycles. The summed E-state index contributed by atoms with van der Waals surface area (Å²) < 4.78 is 95.5. The first-order chi connectivity index (χ1) is 70.4. The topological polar surface area (TPSA) is 415 Å². The minimum Gasteiger partial charge on any atom is -0.484 e. The van der Waals surface area contributed by atoms with Crippen LogP contribution in [0.5, 0.6) is 28.7 Å². The lowest BCUT2D eigenvalue weighted by Crippen LogP contribution is -2.84. The smallest absolute Gasteiger partial charge is 0.274 e. The second-order valence-corrected chi connectivity index (χ2v) is 45.7. The molecule has 18 aliphatic rings. The molecule has 0 spiro atoms. The summed E-state index contributed by atoms with van der Waals surface area (Å²) in [5, 5.41) is 40.8. The minimum atomic E-state index is -0.594. The molecular weight excluding hydrogens is 2040 g/mol. The van der Waals surface area contributed by atoms with E-state index in [1.54, 1.807) is 24.4 Å². The molecule has 0 radical (unpaired) electrons. The van der Waals surface area contributed by atoms with Gasteiger partial charge in [-0.25, -0.2) is 17.6 Å². The molecule has 6 aromatic heterocycles. The average molecular weight is 2150 g/mol. The van der Waals surface area contributed by atoms with Crippen LogP contribution in [0.1, 0.15) is 237 Å². The van der Waals surface area contributed by atoms with E-state index in [1.165, 1.54) is 59.9 Å². The van der Waals surface area contributed by atoms with Crippen molar-refractivity contribution in [3.8, 4) is 28.7 Å². The van der Waals surface area contributed by atoms with E-state index in [0.29, 0.717) is 127 Å². The third-order valence-electron chi connectivity index (χ3n) is 30.5. The maximum absolute atomic E-state index is 13.4. The fourth-order valence-electron chi connectivity index (χ4n) is 24.0. The first-order valence-electron chi connectivity index (χ1n) is 49.1. The molecule has 0 atom stereocenters. The van der Waals surface area contributed by atoms with Crippen LogP contribution in [0.15, 0.2) is 131 Å². The van der Waals surface area contributed by atoms with E-state index in [2.05, 4.69) is 74.6 Å². The number of carbonyl (C=O) groups is 10. The van der Waals surface area contributed by atoms with Crippen LogP contribution in [0, 0.1) is 51.0 Å². The van der Waals surface area contributed by atoms with Gasteiger partial charge in [0.1, 0.15) is 74.1 Å². The number of H-pyrrole nitrogens is 1. The lowest BCUT2D eigenvalue weighted by Gasteiger charge is -2.70. The van der Waals surface area contributed by atoms with Gasteiger partial charge in [-0.1, -0.05) is 63.2 Å². The molecule has 6 heterocycles. The third kappa shape index (κ3) is 21.1. The number of fused-ring (bicyclic) bond motifs is 3. The van der Waals surface area contributed by atoms with Crippen molar-refractivity contribution < 1.29 is 98.1 Å². The van der Waals surface area contributed by atoms with E-state index in [9.17, 15) is 65.5 Å². The maximum atomic E-state index is 13.4. The number of aromatic nitrogens is 5. The van der Waals surface area contributed by atoms with Gasteiger partial charge in [-0.2, -0.15) is 5.10 Å². The quantitative estimate of drug-likeness (QED) is 0.0180. The third-order valence-corrected chi connectivity index (χ3v) is 33.4. The molecule has 10 amide bonds. The zero-order valence-electron chi connectivity index (χ0n) is 81.7. The summed E-state index contributed by atoms with van der Waals surface area (Å²) in [6, 6.07) is 27.0. The van der Waals surface area contributed by atoms with Crippen molar-refractivity contribution in [1.29, 1.82) is 0 Å². The number of aryl methyl sites for hydroxylation is 7. The van der Waals surface area contributed by atoms with Crippen molar-refractivity contribution >= 4 is 139 Å². The fraction of sp³-hybridized carbons (Fsp3) is 0.434. The van der Waals surface area contributed by atoms with Gasteiger partial charge in [0.2, 0.25) is 0 Å². The predicted octanol–water partition coefficient (Wildman–Crippen LogP) is 15.9. The number of aromatic amines is 1. The highest BCUT2D eigenvalue weighted by molar-refractivity contribution is 7.20. The van der Waals surface area contributed by atoms with E-state index in [4.69, 9.17) is 90.6 Å². The number of hydrogen-bond acceptors (Lipinski definition) is 20. The molecule has 16 fully saturated rings. The average Bonchev–Trinajstić information content (AvgIpc) is 0.901. The van der Waals surface area contributed by atoms with Crippen molar-refractivity contribution in [2.24, 2.45) is 14.1 Å². The highest BCUT2D eigenvalue weighted by Gasteiger charge is 2.73. The van der Waals surface area contributed by atoms with Gasteiger partial charge in [0.15, 0.2) is 44.4 Å². The van der Waals surface area contributed by atoms with Crippen molar-refractivity contribution in [3.05, 3.63) is 248 Å². The Bertz CT molecular complexity index is 7120. The number of benzene rings is 5. The molecule has 148 heavy (non-hydrogen) atoms. The van der Waals surface area contributed by atoms with Crippen LogP contribution >= 0.6 is 69.3 Å². The van der Waals surface area contributed by atoms with Gasteiger partial charge in [0, 0.05) is 151 Å². The van der Waals surface area contributed by atoms with E-state index >= 15 is 0 Å². The normalized spacial score (nSPS) is 25.4. The molecule has 16 saturated carbocycles. The van der Waals surface area contributed by atoms with Crippen molar-refractivity contribution in [1.82, 2.24) is 77.7 Å². The Hall–Kier alpha value is -12.8. The molecule has 5 aromatic carbocycles. The van der Waals surface area contributed by atoms with Crippen LogP contribution in [-0.2, 0) is 63.8 Å². The molecule has 42 heteroatoms. The zero-order valence-corrected chi connectivity index (χ0v) is 86.3. The van der Waals surface area contributed by atoms with Gasteiger partial charge in [-0.15, -0.1) is 11.3 Å². The summed E-state index contributed by atoms with van der Waals surface area (Å²) in [6.07, 6.45) is 23.4. The number of nitrogens with zero attached hydrogens (tertiary/aromatic N) is 4. The predicted molar refractivity (Wildman–Crippen MR) is 539 cm³/mol. The monoisotopic (exact) mass is 2150 g/mol. The number of ether oxygens (including phenoxy) is 5. The zero-order chi connectivity index (χ0) is 104. The number of rotatable bonds is 31. The van der Waals surface area contributed by atoms with Crippen LogP contribution < -0.4 is 76.9 Å². The Kier molecular flexibility index (Phi) is 27.2. The van der Waals surface area contributed by atoms with E-state index in [-0.39, 0.29) is 191 Å². The molecule has 11 aromatic rings. The van der Waals surface area contributed by atoms with Crippen LogP contribution in [-0.4, -0.2) is 172 Å². The molecular formula is C106H108Cl5F4N15O17S. The second-order valence-electron chi connectivity index (χ2n) is 42.7. The summed E-state index contributed by atoms with van der Waals surface area (Å²) >= 11 is 30.0. The van der Waals surface area contributed by atoms with Crippen LogP contribution in [0.3, 0.4) is 0 Å². The number of carbonyl (C=O) groups excluding carboxylic acids is 10. The summed E-state index contributed by atoms with van der Waals surface area (Å²) in [5.41, 5.74) is 5.71. The SMILES string of the molecule is Cc1[nH]ccc1C(=O)NC12CC(NC(=O)COc3ccc(Cl)c(F)c3)(C1)C2.Cc1cc(OCC(=O)NC23CC(NC(=O)c4noc5c4CCCC5)(C2)C3)ccc1Cl.Cc1cn(C)c2sc(C(=O)NC34CC(NC(=O)COc5ccc(Cl)c(F)c5)(C3)C4)cc12.Cc1oc(C2CC2)cc1C(=O)NC12CC(NC(=O)COc3ccc(Cl)c(F)c3)(C1)C2.Cn1nc(C(=O)NC23CC(NC(=O)COc4ccc(Cl)c(F)c4)(C2)C3)c2c1CCC2. The van der Waals surface area contributed by atoms with Crippen molar-refractivity contribution in [2.45, 2.75) is 243 Å². The second kappa shape index (κ2) is 39.3.